The zero-order valence-corrected chi connectivity index (χ0v) is 13.0. The van der Waals surface area contributed by atoms with Crippen molar-refractivity contribution in [1.82, 2.24) is 0 Å². The highest BCUT2D eigenvalue weighted by Crippen LogP contribution is 2.26. The first-order chi connectivity index (χ1) is 9.63. The third kappa shape index (κ3) is 3.38. The van der Waals surface area contributed by atoms with Gasteiger partial charge in [0.15, 0.2) is 0 Å². The normalized spacial score (nSPS) is 10.6. The van der Waals surface area contributed by atoms with Crippen molar-refractivity contribution in [3.05, 3.63) is 63.9 Å². The van der Waals surface area contributed by atoms with Crippen molar-refractivity contribution in [2.45, 2.75) is 13.0 Å². The van der Waals surface area contributed by atoms with Gasteiger partial charge in [0.2, 0.25) is 0 Å². The van der Waals surface area contributed by atoms with Crippen LogP contribution in [0.3, 0.4) is 0 Å². The summed E-state index contributed by atoms with van der Waals surface area (Å²) in [6, 6.07) is 13.2. The van der Waals surface area contributed by atoms with Crippen molar-refractivity contribution in [3.63, 3.8) is 0 Å². The summed E-state index contributed by atoms with van der Waals surface area (Å²) in [6.07, 6.45) is 0.544. The number of halogens is 2. The fourth-order valence-corrected chi connectivity index (χ4v) is 2.67. The second kappa shape index (κ2) is 6.86. The summed E-state index contributed by atoms with van der Waals surface area (Å²) in [5, 5.41) is 0. The fourth-order valence-electron chi connectivity index (χ4n) is 2.26. The molecular weight excluding hydrogens is 319 g/mol. The van der Waals surface area contributed by atoms with Gasteiger partial charge in [-0.25, -0.2) is 4.39 Å². The van der Waals surface area contributed by atoms with E-state index in [4.69, 9.17) is 5.73 Å². The monoisotopic (exact) mass is 336 g/mol. The van der Waals surface area contributed by atoms with E-state index in [-0.39, 0.29) is 5.82 Å². The Hall–Kier alpha value is -1.39. The molecule has 0 bridgehead atoms. The molecule has 0 aliphatic heterocycles. The van der Waals surface area contributed by atoms with E-state index in [1.807, 2.05) is 36.2 Å². The highest BCUT2D eigenvalue weighted by molar-refractivity contribution is 9.10. The highest BCUT2D eigenvalue weighted by atomic mass is 79.9. The lowest BCUT2D eigenvalue weighted by Crippen LogP contribution is -2.20. The average Bonchev–Trinajstić information content (AvgIpc) is 2.43. The summed E-state index contributed by atoms with van der Waals surface area (Å²) < 4.78 is 15.0. The molecule has 2 aromatic rings. The summed E-state index contributed by atoms with van der Waals surface area (Å²) in [7, 11) is 1.97. The Kier molecular flexibility index (Phi) is 5.15. The highest BCUT2D eigenvalue weighted by Gasteiger charge is 2.12. The number of rotatable bonds is 5. The fraction of sp³-hybridized carbons (Fsp3) is 0.250. The Morgan fingerprint density at radius 3 is 2.60 bits per heavy atom. The van der Waals surface area contributed by atoms with Crippen molar-refractivity contribution < 1.29 is 4.39 Å². The van der Waals surface area contributed by atoms with Crippen LogP contribution < -0.4 is 10.6 Å². The van der Waals surface area contributed by atoms with Crippen molar-refractivity contribution >= 4 is 21.6 Å². The molecule has 0 amide bonds. The van der Waals surface area contributed by atoms with Crippen molar-refractivity contribution in [2.24, 2.45) is 5.73 Å². The van der Waals surface area contributed by atoms with Crippen LogP contribution in [0.25, 0.3) is 0 Å². The van der Waals surface area contributed by atoms with Crippen LogP contribution in [0.2, 0.25) is 0 Å². The Morgan fingerprint density at radius 1 is 1.15 bits per heavy atom. The topological polar surface area (TPSA) is 29.3 Å². The summed E-state index contributed by atoms with van der Waals surface area (Å²) >= 11 is 3.54. The molecule has 0 unspecified atom stereocenters. The number of nitrogens with zero attached hydrogens (tertiary/aromatic N) is 1. The van der Waals surface area contributed by atoms with E-state index in [0.717, 1.165) is 15.7 Å². The maximum atomic E-state index is 13.9. The SMILES string of the molecule is CN(Cc1ccccc1Br)c1cccc(F)c1CCN. The predicted octanol–water partition coefficient (Wildman–Crippen LogP) is 3.73. The Balaban J connectivity index is 2.27. The number of hydrogen-bond acceptors (Lipinski definition) is 2. The van der Waals surface area contributed by atoms with E-state index in [9.17, 15) is 4.39 Å². The lowest BCUT2D eigenvalue weighted by molar-refractivity contribution is 0.608. The van der Waals surface area contributed by atoms with Gasteiger partial charge in [0.25, 0.3) is 0 Å². The molecule has 106 valence electrons. The summed E-state index contributed by atoms with van der Waals surface area (Å²) in [6.45, 7) is 1.15. The number of nitrogens with two attached hydrogens (primary N) is 1. The zero-order chi connectivity index (χ0) is 14.5. The molecular formula is C16H18BrFN2. The molecule has 0 aromatic heterocycles. The van der Waals surface area contributed by atoms with Crippen LogP contribution in [0, 0.1) is 5.82 Å². The van der Waals surface area contributed by atoms with Gasteiger partial charge in [-0.1, -0.05) is 40.2 Å². The summed E-state index contributed by atoms with van der Waals surface area (Å²) in [5.74, 6) is -0.188. The Labute approximate surface area is 127 Å². The third-order valence-electron chi connectivity index (χ3n) is 3.27. The second-order valence-electron chi connectivity index (χ2n) is 4.72. The molecule has 2 aromatic carbocycles. The van der Waals surface area contributed by atoms with Crippen LogP contribution in [0.1, 0.15) is 11.1 Å². The van der Waals surface area contributed by atoms with Gasteiger partial charge in [-0.15, -0.1) is 0 Å². The molecule has 0 saturated carbocycles. The van der Waals surface area contributed by atoms with Gasteiger partial charge in [0.1, 0.15) is 5.82 Å². The van der Waals surface area contributed by atoms with Crippen molar-refractivity contribution in [3.8, 4) is 0 Å². The summed E-state index contributed by atoms with van der Waals surface area (Å²) in [4.78, 5) is 2.05. The summed E-state index contributed by atoms with van der Waals surface area (Å²) in [5.41, 5.74) is 8.33. The Morgan fingerprint density at radius 2 is 1.90 bits per heavy atom. The molecule has 0 aliphatic carbocycles. The van der Waals surface area contributed by atoms with Crippen LogP contribution in [-0.2, 0) is 13.0 Å². The van der Waals surface area contributed by atoms with Gasteiger partial charge in [-0.2, -0.15) is 0 Å². The van der Waals surface area contributed by atoms with Gasteiger partial charge in [0.05, 0.1) is 0 Å². The smallest absolute Gasteiger partial charge is 0.128 e. The molecule has 20 heavy (non-hydrogen) atoms. The minimum Gasteiger partial charge on any atom is -0.370 e. The molecule has 2 nitrogen and oxygen atoms in total. The van der Waals surface area contributed by atoms with Crippen LogP contribution in [0.15, 0.2) is 46.9 Å². The number of benzene rings is 2. The quantitative estimate of drug-likeness (QED) is 0.901. The van der Waals surface area contributed by atoms with Gasteiger partial charge in [0, 0.05) is 29.3 Å². The molecule has 0 saturated heterocycles. The molecule has 2 N–H and O–H groups in total. The third-order valence-corrected chi connectivity index (χ3v) is 4.04. The van der Waals surface area contributed by atoms with Gasteiger partial charge in [-0.3, -0.25) is 0 Å². The van der Waals surface area contributed by atoms with Crippen molar-refractivity contribution in [2.75, 3.05) is 18.5 Å². The first-order valence-electron chi connectivity index (χ1n) is 6.55. The maximum absolute atomic E-state index is 13.9. The molecule has 4 heteroatoms. The second-order valence-corrected chi connectivity index (χ2v) is 5.58. The Bertz CT molecular complexity index is 586. The predicted molar refractivity (Wildman–Crippen MR) is 85.4 cm³/mol. The van der Waals surface area contributed by atoms with E-state index < -0.39 is 0 Å². The van der Waals surface area contributed by atoms with E-state index >= 15 is 0 Å². The lowest BCUT2D eigenvalue weighted by Gasteiger charge is -2.23. The average molecular weight is 337 g/mol. The van der Waals surface area contributed by atoms with Gasteiger partial charge < -0.3 is 10.6 Å². The molecule has 2 rings (SSSR count). The van der Waals surface area contributed by atoms with Crippen LogP contribution in [0.5, 0.6) is 0 Å². The van der Waals surface area contributed by atoms with E-state index in [0.29, 0.717) is 25.1 Å². The van der Waals surface area contributed by atoms with Crippen LogP contribution >= 0.6 is 15.9 Å². The molecule has 0 radical (unpaired) electrons. The minimum absolute atomic E-state index is 0.188. The maximum Gasteiger partial charge on any atom is 0.128 e. The van der Waals surface area contributed by atoms with E-state index in [1.165, 1.54) is 6.07 Å². The first kappa shape index (κ1) is 15.0. The van der Waals surface area contributed by atoms with Crippen LogP contribution in [0.4, 0.5) is 10.1 Å². The van der Waals surface area contributed by atoms with E-state index in [1.54, 1.807) is 6.07 Å². The largest absolute Gasteiger partial charge is 0.370 e. The lowest BCUT2D eigenvalue weighted by atomic mass is 10.1. The van der Waals surface area contributed by atoms with Gasteiger partial charge >= 0.3 is 0 Å². The molecule has 0 aliphatic rings. The molecule has 0 heterocycles. The number of anilines is 1. The number of hydrogen-bond donors (Lipinski definition) is 1. The van der Waals surface area contributed by atoms with Gasteiger partial charge in [-0.05, 0) is 36.7 Å². The standard InChI is InChI=1S/C16H18BrFN2/c1-20(11-12-5-2-3-6-14(12)17)16-8-4-7-15(18)13(16)9-10-19/h2-8H,9-11,19H2,1H3. The molecule has 0 atom stereocenters. The molecule has 0 fully saturated rings. The van der Waals surface area contributed by atoms with Crippen LogP contribution in [-0.4, -0.2) is 13.6 Å². The first-order valence-corrected chi connectivity index (χ1v) is 7.34. The zero-order valence-electron chi connectivity index (χ0n) is 11.4. The van der Waals surface area contributed by atoms with Crippen molar-refractivity contribution in [1.29, 1.82) is 0 Å². The van der Waals surface area contributed by atoms with E-state index in [2.05, 4.69) is 22.0 Å². The molecule has 0 spiro atoms. The minimum atomic E-state index is -0.188.